The van der Waals surface area contributed by atoms with E-state index >= 15 is 0 Å². The number of aromatic nitrogens is 2. The summed E-state index contributed by atoms with van der Waals surface area (Å²) >= 11 is 0. The molecule has 1 spiro atoms. The van der Waals surface area contributed by atoms with Crippen molar-refractivity contribution in [2.75, 3.05) is 30.4 Å². The van der Waals surface area contributed by atoms with Crippen LogP contribution in [0.1, 0.15) is 25.5 Å². The lowest BCUT2D eigenvalue weighted by molar-refractivity contribution is -0.129. The van der Waals surface area contributed by atoms with E-state index in [4.69, 9.17) is 4.74 Å². The fourth-order valence-corrected chi connectivity index (χ4v) is 2.91. The number of amides is 1. The fraction of sp³-hybridized carbons (Fsp3) is 0.692. The Hall–Kier alpha value is -1.56. The van der Waals surface area contributed by atoms with E-state index in [1.165, 1.54) is 0 Å². The zero-order valence-corrected chi connectivity index (χ0v) is 11.5. The zero-order chi connectivity index (χ0) is 13.5. The van der Waals surface area contributed by atoms with Crippen LogP contribution in [0.25, 0.3) is 0 Å². The molecule has 1 amide bonds. The van der Waals surface area contributed by atoms with Gasteiger partial charge in [-0.05, 0) is 19.3 Å². The van der Waals surface area contributed by atoms with E-state index in [2.05, 4.69) is 15.7 Å². The van der Waals surface area contributed by atoms with Gasteiger partial charge in [0.25, 0.3) is 0 Å². The maximum Gasteiger partial charge on any atom is 0.232 e. The van der Waals surface area contributed by atoms with Crippen LogP contribution in [-0.2, 0) is 23.0 Å². The quantitative estimate of drug-likeness (QED) is 0.798. The number of carbonyl (C=O) groups is 1. The molecular weight excluding hydrogens is 244 g/mol. The van der Waals surface area contributed by atoms with E-state index in [1.54, 1.807) is 0 Å². The van der Waals surface area contributed by atoms with Crippen LogP contribution in [0, 0.1) is 5.41 Å². The molecule has 0 aliphatic carbocycles. The summed E-state index contributed by atoms with van der Waals surface area (Å²) in [5, 5.41) is 10.9. The highest BCUT2D eigenvalue weighted by molar-refractivity contribution is 6.00. The highest BCUT2D eigenvalue weighted by Gasteiger charge is 2.42. The molecule has 0 radical (unpaired) electrons. The third-order valence-electron chi connectivity index (χ3n) is 4.22. The molecule has 6 heteroatoms. The number of rotatable bonds is 1. The maximum atomic E-state index is 12.6. The van der Waals surface area contributed by atoms with Gasteiger partial charge in [0.05, 0.1) is 11.1 Å². The van der Waals surface area contributed by atoms with Crippen molar-refractivity contribution in [3.63, 3.8) is 0 Å². The lowest BCUT2D eigenvalue weighted by Crippen LogP contribution is -2.44. The minimum Gasteiger partial charge on any atom is -0.381 e. The highest BCUT2D eigenvalue weighted by atomic mass is 16.5. The molecule has 0 aromatic carbocycles. The molecule has 2 N–H and O–H groups in total. The molecule has 0 bridgehead atoms. The first-order valence-electron chi connectivity index (χ1n) is 6.85. The molecule has 0 saturated carbocycles. The number of carbonyl (C=O) groups excluding carboxylic acids is 1. The van der Waals surface area contributed by atoms with Crippen molar-refractivity contribution in [3.8, 4) is 0 Å². The predicted octanol–water partition coefficient (Wildman–Crippen LogP) is 1.14. The van der Waals surface area contributed by atoms with Gasteiger partial charge >= 0.3 is 0 Å². The average Bonchev–Trinajstić information content (AvgIpc) is 2.65. The molecule has 0 atom stereocenters. The number of hydrogen-bond acceptors (Lipinski definition) is 4. The molecule has 0 unspecified atom stereocenters. The Morgan fingerprint density at radius 2 is 2.16 bits per heavy atom. The Balaban J connectivity index is 1.95. The number of nitrogens with one attached hydrogen (secondary N) is 2. The molecule has 104 valence electrons. The third kappa shape index (κ3) is 1.90. The van der Waals surface area contributed by atoms with Gasteiger partial charge in [0.1, 0.15) is 11.5 Å². The topological polar surface area (TPSA) is 68.2 Å². The van der Waals surface area contributed by atoms with Gasteiger partial charge in [-0.2, -0.15) is 5.10 Å². The molecule has 2 aliphatic rings. The van der Waals surface area contributed by atoms with Crippen LogP contribution in [0.2, 0.25) is 0 Å². The summed E-state index contributed by atoms with van der Waals surface area (Å²) in [6, 6.07) is 0. The Morgan fingerprint density at radius 1 is 1.42 bits per heavy atom. The molecule has 1 saturated heterocycles. The van der Waals surface area contributed by atoms with Crippen LogP contribution < -0.4 is 10.6 Å². The summed E-state index contributed by atoms with van der Waals surface area (Å²) < 4.78 is 7.20. The molecule has 19 heavy (non-hydrogen) atoms. The SMILES string of the molecule is CCc1nn(C)c2c1NC(=O)C1(CCOCC1)CN2. The number of anilines is 2. The third-order valence-corrected chi connectivity index (χ3v) is 4.22. The predicted molar refractivity (Wildman–Crippen MR) is 72.2 cm³/mol. The Morgan fingerprint density at radius 3 is 2.84 bits per heavy atom. The minimum absolute atomic E-state index is 0.102. The number of aryl methyl sites for hydroxylation is 2. The minimum atomic E-state index is -0.345. The summed E-state index contributed by atoms with van der Waals surface area (Å²) in [5.41, 5.74) is 1.43. The van der Waals surface area contributed by atoms with Crippen LogP contribution in [-0.4, -0.2) is 35.4 Å². The second kappa shape index (κ2) is 4.52. The van der Waals surface area contributed by atoms with E-state index < -0.39 is 0 Å². The molecule has 1 fully saturated rings. The van der Waals surface area contributed by atoms with E-state index in [1.807, 2.05) is 18.7 Å². The second-order valence-corrected chi connectivity index (χ2v) is 5.35. The van der Waals surface area contributed by atoms with Crippen molar-refractivity contribution >= 4 is 17.4 Å². The fourth-order valence-electron chi connectivity index (χ4n) is 2.91. The van der Waals surface area contributed by atoms with Gasteiger partial charge in [0, 0.05) is 26.8 Å². The van der Waals surface area contributed by atoms with Gasteiger partial charge in [-0.15, -0.1) is 0 Å². The first-order valence-corrected chi connectivity index (χ1v) is 6.85. The number of fused-ring (bicyclic) bond motifs is 1. The molecule has 3 heterocycles. The number of nitrogens with zero attached hydrogens (tertiary/aromatic N) is 2. The van der Waals surface area contributed by atoms with Crippen LogP contribution >= 0.6 is 0 Å². The maximum absolute atomic E-state index is 12.6. The van der Waals surface area contributed by atoms with E-state index in [9.17, 15) is 4.79 Å². The highest BCUT2D eigenvalue weighted by Crippen LogP contribution is 2.38. The van der Waals surface area contributed by atoms with E-state index in [-0.39, 0.29) is 11.3 Å². The average molecular weight is 264 g/mol. The van der Waals surface area contributed by atoms with Crippen molar-refractivity contribution in [1.29, 1.82) is 0 Å². The van der Waals surface area contributed by atoms with Crippen LogP contribution in [0.4, 0.5) is 11.5 Å². The molecule has 1 aromatic rings. The van der Waals surface area contributed by atoms with E-state index in [0.717, 1.165) is 36.5 Å². The van der Waals surface area contributed by atoms with Crippen molar-refractivity contribution < 1.29 is 9.53 Å². The van der Waals surface area contributed by atoms with Crippen LogP contribution in [0.15, 0.2) is 0 Å². The largest absolute Gasteiger partial charge is 0.381 e. The van der Waals surface area contributed by atoms with E-state index in [0.29, 0.717) is 19.8 Å². The Labute approximate surface area is 112 Å². The van der Waals surface area contributed by atoms with Crippen LogP contribution in [0.3, 0.4) is 0 Å². The van der Waals surface area contributed by atoms with Crippen molar-refractivity contribution in [2.24, 2.45) is 12.5 Å². The lowest BCUT2D eigenvalue weighted by Gasteiger charge is -2.34. The first-order chi connectivity index (χ1) is 9.16. The number of hydrogen-bond donors (Lipinski definition) is 2. The Kier molecular flexibility index (Phi) is 2.97. The monoisotopic (exact) mass is 264 g/mol. The summed E-state index contributed by atoms with van der Waals surface area (Å²) in [5.74, 6) is 1.01. The molecule has 6 nitrogen and oxygen atoms in total. The van der Waals surface area contributed by atoms with Crippen molar-refractivity contribution in [1.82, 2.24) is 9.78 Å². The van der Waals surface area contributed by atoms with Crippen molar-refractivity contribution in [3.05, 3.63) is 5.69 Å². The smallest absolute Gasteiger partial charge is 0.232 e. The standard InChI is InChI=1S/C13H20N4O2/c1-3-9-10-11(17(2)16-9)14-8-13(12(18)15-10)4-6-19-7-5-13/h14H,3-8H2,1-2H3,(H,15,18). The van der Waals surface area contributed by atoms with Gasteiger partial charge in [-0.25, -0.2) is 0 Å². The molecule has 2 aliphatic heterocycles. The first kappa shape index (κ1) is 12.5. The van der Waals surface area contributed by atoms with Gasteiger partial charge < -0.3 is 15.4 Å². The van der Waals surface area contributed by atoms with Gasteiger partial charge in [-0.1, -0.05) is 6.92 Å². The zero-order valence-electron chi connectivity index (χ0n) is 11.5. The summed E-state index contributed by atoms with van der Waals surface area (Å²) in [7, 11) is 1.90. The van der Waals surface area contributed by atoms with Crippen LogP contribution in [0.5, 0.6) is 0 Å². The molecule has 3 rings (SSSR count). The van der Waals surface area contributed by atoms with Gasteiger partial charge in [-0.3, -0.25) is 9.48 Å². The van der Waals surface area contributed by atoms with Gasteiger partial charge in [0.15, 0.2) is 0 Å². The second-order valence-electron chi connectivity index (χ2n) is 5.35. The molecule has 1 aromatic heterocycles. The summed E-state index contributed by atoms with van der Waals surface area (Å²) in [4.78, 5) is 12.6. The Bertz CT molecular complexity index is 503. The van der Waals surface area contributed by atoms with Crippen molar-refractivity contribution in [2.45, 2.75) is 26.2 Å². The lowest BCUT2D eigenvalue weighted by atomic mass is 9.79. The summed E-state index contributed by atoms with van der Waals surface area (Å²) in [6.07, 6.45) is 2.35. The van der Waals surface area contributed by atoms with Gasteiger partial charge in [0.2, 0.25) is 5.91 Å². The normalized spacial score (nSPS) is 21.5. The number of ether oxygens (including phenoxy) is 1. The summed E-state index contributed by atoms with van der Waals surface area (Å²) in [6.45, 7) is 4.01. The molecular formula is C13H20N4O2.